The monoisotopic (exact) mass is 352 g/mol. The minimum atomic E-state index is 0.311. The number of hydrogen-bond acceptors (Lipinski definition) is 3. The first kappa shape index (κ1) is 16.6. The summed E-state index contributed by atoms with van der Waals surface area (Å²) in [5.41, 5.74) is 8.41. The highest BCUT2D eigenvalue weighted by atomic mass is 15.1. The molecule has 5 rings (SSSR count). The van der Waals surface area contributed by atoms with Gasteiger partial charge < -0.3 is 10.3 Å². The third-order valence-electron chi connectivity index (χ3n) is 8.81. The van der Waals surface area contributed by atoms with E-state index in [1.165, 1.54) is 44.2 Å². The van der Waals surface area contributed by atoms with E-state index in [0.717, 1.165) is 42.5 Å². The molecule has 140 valence electrons. The number of aliphatic imine (C=N–C) groups is 1. The van der Waals surface area contributed by atoms with Gasteiger partial charge in [0.15, 0.2) is 0 Å². The second kappa shape index (κ2) is 5.71. The fourth-order valence-corrected chi connectivity index (χ4v) is 7.36. The predicted molar refractivity (Wildman–Crippen MR) is 105 cm³/mol. The Labute approximate surface area is 157 Å². The van der Waals surface area contributed by atoms with Gasteiger partial charge in [-0.1, -0.05) is 19.9 Å². The van der Waals surface area contributed by atoms with Crippen molar-refractivity contribution in [3.8, 4) is 0 Å². The van der Waals surface area contributed by atoms with Crippen LogP contribution >= 0.6 is 0 Å². The molecule has 4 nitrogen and oxygen atoms in total. The quantitative estimate of drug-likeness (QED) is 0.817. The third kappa shape index (κ3) is 2.20. The smallest absolute Gasteiger partial charge is 0.0989 e. The lowest BCUT2D eigenvalue weighted by Crippen LogP contribution is -2.51. The van der Waals surface area contributed by atoms with Crippen LogP contribution < -0.4 is 5.73 Å². The summed E-state index contributed by atoms with van der Waals surface area (Å²) in [5, 5.41) is 0. The number of hydrogen-bond donors (Lipinski definition) is 1. The van der Waals surface area contributed by atoms with E-state index in [0.29, 0.717) is 10.8 Å². The minimum Gasteiger partial charge on any atom is -0.387 e. The van der Waals surface area contributed by atoms with Crippen LogP contribution in [0.15, 0.2) is 29.8 Å². The molecule has 6 unspecified atom stereocenters. The van der Waals surface area contributed by atoms with Crippen LogP contribution in [-0.4, -0.2) is 21.9 Å². The number of fused-ring (bicyclic) bond motifs is 5. The number of imidazole rings is 1. The summed E-state index contributed by atoms with van der Waals surface area (Å²) in [5.74, 6) is 4.13. The fraction of sp³-hybridized carbons (Fsp3) is 0.727. The lowest BCUT2D eigenvalue weighted by atomic mass is 9.46. The molecule has 1 aromatic heterocycles. The molecule has 0 bridgehead atoms. The van der Waals surface area contributed by atoms with Crippen LogP contribution in [0, 0.1) is 34.5 Å². The fourth-order valence-electron chi connectivity index (χ4n) is 7.36. The highest BCUT2D eigenvalue weighted by Crippen LogP contribution is 2.65. The molecule has 0 aromatic carbocycles. The molecule has 3 aliphatic carbocycles. The van der Waals surface area contributed by atoms with Crippen molar-refractivity contribution in [3.05, 3.63) is 24.8 Å². The molecule has 6 atom stereocenters. The number of aromatic nitrogens is 2. The first-order valence-corrected chi connectivity index (χ1v) is 10.5. The van der Waals surface area contributed by atoms with E-state index >= 15 is 0 Å². The third-order valence-corrected chi connectivity index (χ3v) is 8.81. The maximum Gasteiger partial charge on any atom is 0.0989 e. The molecule has 4 heteroatoms. The normalized spacial score (nSPS) is 45.0. The van der Waals surface area contributed by atoms with Crippen LogP contribution in [0.1, 0.15) is 58.8 Å². The standard InChI is InChI=1S/C22H32N4/c1-21-9-10-25-20(23)13-15(21)3-4-16-17-5-6-19(26-12-11-24-14-26)22(17,2)8-7-18(16)21/h6,11-12,14-18H,3-5,7-10,13H2,1-2H3,(H2,23,25). The van der Waals surface area contributed by atoms with Gasteiger partial charge in [0.05, 0.1) is 12.2 Å². The van der Waals surface area contributed by atoms with Gasteiger partial charge in [-0.2, -0.15) is 0 Å². The van der Waals surface area contributed by atoms with E-state index in [-0.39, 0.29) is 0 Å². The van der Waals surface area contributed by atoms with Crippen LogP contribution in [0.25, 0.3) is 5.70 Å². The second-order valence-corrected chi connectivity index (χ2v) is 9.74. The van der Waals surface area contributed by atoms with Crippen molar-refractivity contribution in [1.29, 1.82) is 0 Å². The summed E-state index contributed by atoms with van der Waals surface area (Å²) in [7, 11) is 0. The first-order valence-electron chi connectivity index (χ1n) is 10.5. The van der Waals surface area contributed by atoms with Gasteiger partial charge in [0.1, 0.15) is 0 Å². The summed E-state index contributed by atoms with van der Waals surface area (Å²) in [6.07, 6.45) is 17.4. The molecule has 26 heavy (non-hydrogen) atoms. The van der Waals surface area contributed by atoms with Gasteiger partial charge in [-0.25, -0.2) is 4.98 Å². The van der Waals surface area contributed by atoms with E-state index in [2.05, 4.69) is 40.7 Å². The average Bonchev–Trinajstić information content (AvgIpc) is 3.20. The van der Waals surface area contributed by atoms with Crippen LogP contribution in [0.3, 0.4) is 0 Å². The molecule has 1 aliphatic heterocycles. The van der Waals surface area contributed by atoms with E-state index in [9.17, 15) is 0 Å². The first-order chi connectivity index (χ1) is 12.5. The zero-order valence-electron chi connectivity index (χ0n) is 16.2. The number of nitrogens with two attached hydrogens (primary N) is 1. The van der Waals surface area contributed by atoms with Crippen LogP contribution in [0.2, 0.25) is 0 Å². The van der Waals surface area contributed by atoms with Crippen molar-refractivity contribution in [2.24, 2.45) is 45.2 Å². The van der Waals surface area contributed by atoms with Gasteiger partial charge in [-0.3, -0.25) is 4.99 Å². The largest absolute Gasteiger partial charge is 0.387 e. The van der Waals surface area contributed by atoms with E-state index in [1.807, 2.05) is 12.5 Å². The van der Waals surface area contributed by atoms with Crippen molar-refractivity contribution >= 4 is 11.5 Å². The lowest BCUT2D eigenvalue weighted by Gasteiger charge is -2.58. The highest BCUT2D eigenvalue weighted by molar-refractivity contribution is 5.80. The maximum atomic E-state index is 6.18. The lowest BCUT2D eigenvalue weighted by molar-refractivity contribution is -0.0783. The Morgan fingerprint density at radius 3 is 2.85 bits per heavy atom. The van der Waals surface area contributed by atoms with Gasteiger partial charge in [0.2, 0.25) is 0 Å². The Morgan fingerprint density at radius 2 is 2.04 bits per heavy atom. The average molecular weight is 353 g/mol. The van der Waals surface area contributed by atoms with Gasteiger partial charge in [-0.15, -0.1) is 0 Å². The summed E-state index contributed by atoms with van der Waals surface area (Å²) in [4.78, 5) is 8.93. The van der Waals surface area contributed by atoms with Gasteiger partial charge in [0.25, 0.3) is 0 Å². The molecule has 1 aromatic rings. The molecule has 2 saturated carbocycles. The topological polar surface area (TPSA) is 56.2 Å². The van der Waals surface area contributed by atoms with Gasteiger partial charge in [-0.05, 0) is 67.6 Å². The van der Waals surface area contributed by atoms with E-state index < -0.39 is 0 Å². The minimum absolute atomic E-state index is 0.311. The number of rotatable bonds is 1. The SMILES string of the molecule is CC12CCC3C(CCC4CC(N)=NCCC43C)C1CC=C2n1ccnc1. The van der Waals surface area contributed by atoms with Crippen LogP contribution in [-0.2, 0) is 0 Å². The number of nitrogens with zero attached hydrogens (tertiary/aromatic N) is 3. The van der Waals surface area contributed by atoms with Gasteiger partial charge >= 0.3 is 0 Å². The Morgan fingerprint density at radius 1 is 1.15 bits per heavy atom. The molecule has 2 fully saturated rings. The zero-order valence-corrected chi connectivity index (χ0v) is 16.2. The molecule has 2 heterocycles. The Balaban J connectivity index is 1.45. The van der Waals surface area contributed by atoms with Crippen molar-refractivity contribution in [2.45, 2.75) is 58.8 Å². The summed E-state index contributed by atoms with van der Waals surface area (Å²) in [6.45, 7) is 6.03. The Bertz CT molecular complexity index is 748. The Kier molecular flexibility index (Phi) is 3.64. The van der Waals surface area contributed by atoms with Crippen LogP contribution in [0.5, 0.6) is 0 Å². The summed E-state index contributed by atoms with van der Waals surface area (Å²) in [6, 6.07) is 0. The Hall–Kier alpha value is -1.58. The van der Waals surface area contributed by atoms with Gasteiger partial charge in [0, 0.05) is 36.5 Å². The number of allylic oxidation sites excluding steroid dienone is 2. The summed E-state index contributed by atoms with van der Waals surface area (Å²) < 4.78 is 2.27. The highest BCUT2D eigenvalue weighted by Gasteiger charge is 2.58. The number of amidine groups is 1. The van der Waals surface area contributed by atoms with Crippen molar-refractivity contribution in [3.63, 3.8) is 0 Å². The van der Waals surface area contributed by atoms with Crippen molar-refractivity contribution in [1.82, 2.24) is 9.55 Å². The van der Waals surface area contributed by atoms with E-state index in [4.69, 9.17) is 5.73 Å². The molecule has 0 radical (unpaired) electrons. The molecule has 4 aliphatic rings. The predicted octanol–water partition coefficient (Wildman–Crippen LogP) is 4.34. The molecule has 0 amide bonds. The van der Waals surface area contributed by atoms with Crippen molar-refractivity contribution in [2.75, 3.05) is 6.54 Å². The second-order valence-electron chi connectivity index (χ2n) is 9.74. The molecule has 2 N–H and O–H groups in total. The molecule has 0 saturated heterocycles. The molecular weight excluding hydrogens is 320 g/mol. The van der Waals surface area contributed by atoms with Crippen molar-refractivity contribution < 1.29 is 0 Å². The molecular formula is C22H32N4. The molecule has 0 spiro atoms. The summed E-state index contributed by atoms with van der Waals surface area (Å²) >= 11 is 0. The van der Waals surface area contributed by atoms with E-state index in [1.54, 1.807) is 0 Å². The zero-order chi connectivity index (χ0) is 17.9. The maximum absolute atomic E-state index is 6.18. The van der Waals surface area contributed by atoms with Crippen LogP contribution in [0.4, 0.5) is 0 Å².